The number of rotatable bonds is 7. The van der Waals surface area contributed by atoms with E-state index < -0.39 is 17.7 Å². The summed E-state index contributed by atoms with van der Waals surface area (Å²) in [5, 5.41) is 9.36. The van der Waals surface area contributed by atoms with Gasteiger partial charge in [0, 0.05) is 17.3 Å². The molecule has 126 valence electrons. The zero-order valence-corrected chi connectivity index (χ0v) is 14.8. The van der Waals surface area contributed by atoms with E-state index in [1.165, 1.54) is 6.07 Å². The fourth-order valence-electron chi connectivity index (χ4n) is 2.65. The molecule has 0 aliphatic heterocycles. The Balaban J connectivity index is 2.07. The van der Waals surface area contributed by atoms with Crippen LogP contribution in [0, 0.1) is 18.7 Å². The number of hydrogen-bond donors (Lipinski definition) is 1. The molecular formula is C19H18BrFO3. The number of carboxylic acids is 1. The summed E-state index contributed by atoms with van der Waals surface area (Å²) in [6.45, 7) is 1.73. The van der Waals surface area contributed by atoms with Crippen LogP contribution >= 0.6 is 15.9 Å². The normalized spacial score (nSPS) is 12.0. The highest BCUT2D eigenvalue weighted by Gasteiger charge is 2.23. The van der Waals surface area contributed by atoms with E-state index in [2.05, 4.69) is 15.9 Å². The van der Waals surface area contributed by atoms with E-state index >= 15 is 0 Å². The monoisotopic (exact) mass is 392 g/mol. The van der Waals surface area contributed by atoms with Gasteiger partial charge in [0.05, 0.1) is 5.92 Å². The van der Waals surface area contributed by atoms with Crippen molar-refractivity contribution in [2.24, 2.45) is 5.92 Å². The van der Waals surface area contributed by atoms with E-state index in [0.29, 0.717) is 15.6 Å². The van der Waals surface area contributed by atoms with Crippen LogP contribution < -0.4 is 0 Å². The number of aryl methyl sites for hydroxylation is 1. The van der Waals surface area contributed by atoms with Crippen molar-refractivity contribution in [1.29, 1.82) is 0 Å². The molecule has 0 saturated carbocycles. The van der Waals surface area contributed by atoms with Crippen LogP contribution in [0.1, 0.15) is 23.1 Å². The van der Waals surface area contributed by atoms with E-state index in [-0.39, 0.29) is 25.0 Å². The van der Waals surface area contributed by atoms with Crippen LogP contribution in [0.2, 0.25) is 0 Å². The molecule has 0 amide bonds. The van der Waals surface area contributed by atoms with Gasteiger partial charge in [0.25, 0.3) is 0 Å². The lowest BCUT2D eigenvalue weighted by atomic mass is 9.91. The van der Waals surface area contributed by atoms with Gasteiger partial charge in [0.15, 0.2) is 0 Å². The Labute approximate surface area is 148 Å². The molecule has 24 heavy (non-hydrogen) atoms. The lowest BCUT2D eigenvalue weighted by Gasteiger charge is -2.13. The number of hydrogen-bond acceptors (Lipinski definition) is 2. The second-order valence-corrected chi connectivity index (χ2v) is 6.74. The molecule has 1 atom stereocenters. The highest BCUT2D eigenvalue weighted by Crippen LogP contribution is 2.22. The number of carbonyl (C=O) groups excluding carboxylic acids is 1. The van der Waals surface area contributed by atoms with Crippen LogP contribution in [0.15, 0.2) is 46.9 Å². The molecule has 2 rings (SSSR count). The van der Waals surface area contributed by atoms with E-state index in [1.54, 1.807) is 13.0 Å². The van der Waals surface area contributed by atoms with Crippen LogP contribution in [-0.2, 0) is 22.4 Å². The molecule has 0 unspecified atom stereocenters. The van der Waals surface area contributed by atoms with Crippen LogP contribution in [0.5, 0.6) is 0 Å². The van der Waals surface area contributed by atoms with Gasteiger partial charge in [-0.05, 0) is 42.2 Å². The van der Waals surface area contributed by atoms with Crippen molar-refractivity contribution in [3.63, 3.8) is 0 Å². The van der Waals surface area contributed by atoms with Crippen LogP contribution in [-0.4, -0.2) is 16.9 Å². The van der Waals surface area contributed by atoms with E-state index in [9.17, 15) is 19.1 Å². The third-order valence-corrected chi connectivity index (χ3v) is 4.36. The predicted molar refractivity (Wildman–Crippen MR) is 93.4 cm³/mol. The van der Waals surface area contributed by atoms with Crippen molar-refractivity contribution in [1.82, 2.24) is 0 Å². The standard InChI is InChI=1S/C19H18BrFO3/c1-12-7-15(20)10-18(21)17(12)11-16(22)9-14(19(23)24)8-13-5-3-2-4-6-13/h2-7,10,14H,8-9,11H2,1H3,(H,23,24)/t14-/m1/s1. The first-order chi connectivity index (χ1) is 11.4. The first kappa shape index (κ1) is 18.3. The van der Waals surface area contributed by atoms with Crippen molar-refractivity contribution in [2.45, 2.75) is 26.2 Å². The molecule has 0 spiro atoms. The Morgan fingerprint density at radius 2 is 1.88 bits per heavy atom. The molecule has 0 aliphatic rings. The fourth-order valence-corrected chi connectivity index (χ4v) is 3.19. The number of halogens is 2. The van der Waals surface area contributed by atoms with Gasteiger partial charge in [-0.2, -0.15) is 0 Å². The Morgan fingerprint density at radius 1 is 1.21 bits per heavy atom. The second kappa shape index (κ2) is 8.20. The van der Waals surface area contributed by atoms with E-state index in [1.807, 2.05) is 30.3 Å². The summed E-state index contributed by atoms with van der Waals surface area (Å²) in [5.74, 6) is -2.55. The van der Waals surface area contributed by atoms with Crippen molar-refractivity contribution >= 4 is 27.7 Å². The summed E-state index contributed by atoms with van der Waals surface area (Å²) in [5.41, 5.74) is 1.86. The highest BCUT2D eigenvalue weighted by atomic mass is 79.9. The summed E-state index contributed by atoms with van der Waals surface area (Å²) in [4.78, 5) is 23.7. The number of aliphatic carboxylic acids is 1. The maximum atomic E-state index is 14.0. The van der Waals surface area contributed by atoms with Gasteiger partial charge in [-0.1, -0.05) is 46.3 Å². The van der Waals surface area contributed by atoms with Gasteiger partial charge in [-0.15, -0.1) is 0 Å². The van der Waals surface area contributed by atoms with E-state index in [0.717, 1.165) is 5.56 Å². The lowest BCUT2D eigenvalue weighted by molar-refractivity contribution is -0.143. The van der Waals surface area contributed by atoms with Crippen molar-refractivity contribution in [2.75, 3.05) is 0 Å². The molecule has 5 heteroatoms. The summed E-state index contributed by atoms with van der Waals surface area (Å²) >= 11 is 3.21. The highest BCUT2D eigenvalue weighted by molar-refractivity contribution is 9.10. The van der Waals surface area contributed by atoms with Gasteiger partial charge >= 0.3 is 5.97 Å². The average molecular weight is 393 g/mol. The molecule has 3 nitrogen and oxygen atoms in total. The summed E-state index contributed by atoms with van der Waals surface area (Å²) in [6.07, 6.45) is 0.0758. The van der Waals surface area contributed by atoms with Gasteiger partial charge in [0.2, 0.25) is 0 Å². The smallest absolute Gasteiger partial charge is 0.307 e. The fraction of sp³-hybridized carbons (Fsp3) is 0.263. The van der Waals surface area contributed by atoms with Gasteiger partial charge in [-0.3, -0.25) is 9.59 Å². The Morgan fingerprint density at radius 3 is 2.46 bits per heavy atom. The maximum Gasteiger partial charge on any atom is 0.307 e. The van der Waals surface area contributed by atoms with Gasteiger partial charge < -0.3 is 5.11 Å². The van der Waals surface area contributed by atoms with Crippen LogP contribution in [0.25, 0.3) is 0 Å². The first-order valence-electron chi connectivity index (χ1n) is 7.59. The zero-order valence-electron chi connectivity index (χ0n) is 13.3. The Bertz CT molecular complexity index is 721. The number of carboxylic acid groups (broad SMARTS) is 1. The SMILES string of the molecule is Cc1cc(Br)cc(F)c1CC(=O)C[C@@H](Cc1ccccc1)C(=O)O. The largest absolute Gasteiger partial charge is 0.481 e. The molecule has 0 aromatic heterocycles. The van der Waals surface area contributed by atoms with Crippen molar-refractivity contribution < 1.29 is 19.1 Å². The maximum absolute atomic E-state index is 14.0. The molecule has 0 bridgehead atoms. The third kappa shape index (κ3) is 4.99. The minimum Gasteiger partial charge on any atom is -0.481 e. The summed E-state index contributed by atoms with van der Waals surface area (Å²) in [7, 11) is 0. The molecule has 2 aromatic rings. The van der Waals surface area contributed by atoms with E-state index in [4.69, 9.17) is 0 Å². The topological polar surface area (TPSA) is 54.4 Å². The molecule has 0 fully saturated rings. The van der Waals surface area contributed by atoms with Crippen LogP contribution in [0.3, 0.4) is 0 Å². The minimum absolute atomic E-state index is 0.0937. The summed E-state index contributed by atoms with van der Waals surface area (Å²) < 4.78 is 14.6. The average Bonchev–Trinajstić information content (AvgIpc) is 2.51. The molecular weight excluding hydrogens is 375 g/mol. The molecule has 0 heterocycles. The van der Waals surface area contributed by atoms with Crippen molar-refractivity contribution in [3.05, 3.63) is 69.4 Å². The zero-order chi connectivity index (χ0) is 17.7. The number of carbonyl (C=O) groups is 2. The second-order valence-electron chi connectivity index (χ2n) is 5.83. The minimum atomic E-state index is -1.01. The predicted octanol–water partition coefficient (Wildman–Crippen LogP) is 4.34. The van der Waals surface area contributed by atoms with Crippen LogP contribution in [0.4, 0.5) is 4.39 Å². The number of Topliss-reactive ketones (excluding diaryl/α,β-unsaturated/α-hetero) is 1. The Kier molecular flexibility index (Phi) is 6.26. The van der Waals surface area contributed by atoms with Crippen molar-refractivity contribution in [3.8, 4) is 0 Å². The Hall–Kier alpha value is -2.01. The molecule has 0 radical (unpaired) electrons. The molecule has 0 aliphatic carbocycles. The third-order valence-electron chi connectivity index (χ3n) is 3.91. The lowest BCUT2D eigenvalue weighted by Crippen LogP contribution is -2.21. The molecule has 1 N–H and O–H groups in total. The van der Waals surface area contributed by atoms with Gasteiger partial charge in [0.1, 0.15) is 11.6 Å². The molecule has 2 aromatic carbocycles. The van der Waals surface area contributed by atoms with Gasteiger partial charge in [-0.25, -0.2) is 4.39 Å². The summed E-state index contributed by atoms with van der Waals surface area (Å²) in [6, 6.07) is 12.2. The number of ketones is 1. The molecule has 0 saturated heterocycles. The first-order valence-corrected chi connectivity index (χ1v) is 8.39. The number of benzene rings is 2. The quantitative estimate of drug-likeness (QED) is 0.762.